The summed E-state index contributed by atoms with van der Waals surface area (Å²) in [5.41, 5.74) is 7.32. The predicted octanol–water partition coefficient (Wildman–Crippen LogP) is 2.21. The molecule has 1 aromatic carbocycles. The molecular weight excluding hydrogens is 222 g/mol. The van der Waals surface area contributed by atoms with Crippen LogP contribution in [0.25, 0.3) is 0 Å². The van der Waals surface area contributed by atoms with Gasteiger partial charge in [-0.15, -0.1) is 0 Å². The fraction of sp³-hybridized carbons (Fsp3) is 0.500. The van der Waals surface area contributed by atoms with Crippen molar-refractivity contribution in [3.63, 3.8) is 0 Å². The van der Waals surface area contributed by atoms with Crippen LogP contribution in [0.1, 0.15) is 24.5 Å². The quantitative estimate of drug-likeness (QED) is 0.794. The number of hydrogen-bond donors (Lipinski definition) is 2. The van der Waals surface area contributed by atoms with E-state index in [1.165, 1.54) is 6.42 Å². The zero-order valence-corrected chi connectivity index (χ0v) is 10.2. The molecule has 1 heterocycles. The van der Waals surface area contributed by atoms with Crippen molar-refractivity contribution in [2.24, 2.45) is 0 Å². The number of rotatable bonds is 3. The Morgan fingerprint density at radius 1 is 1.56 bits per heavy atom. The number of methoxy groups -OCH3 is 1. The van der Waals surface area contributed by atoms with Gasteiger partial charge in [0.15, 0.2) is 0 Å². The van der Waals surface area contributed by atoms with Crippen molar-refractivity contribution in [1.82, 2.24) is 0 Å². The van der Waals surface area contributed by atoms with Crippen LogP contribution in [0.5, 0.6) is 5.75 Å². The Labute approximate surface area is 100.0 Å². The van der Waals surface area contributed by atoms with E-state index in [0.29, 0.717) is 5.69 Å². The van der Waals surface area contributed by atoms with Crippen LogP contribution in [0, 0.1) is 0 Å². The van der Waals surface area contributed by atoms with E-state index in [-0.39, 0.29) is 5.25 Å². The number of benzene rings is 1. The third kappa shape index (κ3) is 2.28. The average Bonchev–Trinajstić information content (AvgIpc) is 2.82. The molecule has 0 bridgehead atoms. The number of thioether (sulfide) groups is 1. The van der Waals surface area contributed by atoms with Gasteiger partial charge in [0.05, 0.1) is 13.2 Å². The Morgan fingerprint density at radius 2 is 2.38 bits per heavy atom. The molecule has 1 saturated heterocycles. The first-order valence-corrected chi connectivity index (χ1v) is 6.50. The maximum atomic E-state index is 10.3. The van der Waals surface area contributed by atoms with Crippen molar-refractivity contribution in [3.8, 4) is 5.75 Å². The van der Waals surface area contributed by atoms with E-state index in [0.717, 1.165) is 23.5 Å². The minimum Gasteiger partial charge on any atom is -0.497 e. The minimum absolute atomic E-state index is 0.273. The number of ether oxygens (including phenoxy) is 1. The lowest BCUT2D eigenvalue weighted by Gasteiger charge is -2.19. The topological polar surface area (TPSA) is 55.5 Å². The molecule has 0 amide bonds. The second kappa shape index (κ2) is 4.97. The third-order valence-electron chi connectivity index (χ3n) is 2.93. The van der Waals surface area contributed by atoms with Gasteiger partial charge in [-0.3, -0.25) is 0 Å². The number of nitrogen functional groups attached to an aromatic ring is 1. The maximum absolute atomic E-state index is 10.3. The van der Waals surface area contributed by atoms with Crippen molar-refractivity contribution >= 4 is 17.4 Å². The van der Waals surface area contributed by atoms with Crippen molar-refractivity contribution in [2.45, 2.75) is 24.2 Å². The molecule has 3 nitrogen and oxygen atoms in total. The SMILES string of the molecule is COc1ccc(N)c(C(O)C2CCCS2)c1. The number of anilines is 1. The summed E-state index contributed by atoms with van der Waals surface area (Å²) in [4.78, 5) is 0. The highest BCUT2D eigenvalue weighted by atomic mass is 32.2. The molecule has 1 fully saturated rings. The second-order valence-electron chi connectivity index (χ2n) is 3.99. The van der Waals surface area contributed by atoms with Crippen molar-refractivity contribution in [2.75, 3.05) is 18.6 Å². The lowest BCUT2D eigenvalue weighted by atomic mass is 10.0. The molecule has 3 N–H and O–H groups in total. The summed E-state index contributed by atoms with van der Waals surface area (Å²) in [5.74, 6) is 1.87. The number of hydrogen-bond acceptors (Lipinski definition) is 4. The monoisotopic (exact) mass is 239 g/mol. The molecule has 16 heavy (non-hydrogen) atoms. The van der Waals surface area contributed by atoms with Gasteiger partial charge in [-0.2, -0.15) is 11.8 Å². The molecular formula is C12H17NO2S. The van der Waals surface area contributed by atoms with Gasteiger partial charge in [0.2, 0.25) is 0 Å². The molecule has 0 radical (unpaired) electrons. The van der Waals surface area contributed by atoms with Gasteiger partial charge in [-0.25, -0.2) is 0 Å². The summed E-state index contributed by atoms with van der Waals surface area (Å²) in [7, 11) is 1.62. The Morgan fingerprint density at radius 3 is 3.00 bits per heavy atom. The van der Waals surface area contributed by atoms with E-state index in [4.69, 9.17) is 10.5 Å². The lowest BCUT2D eigenvalue weighted by Crippen LogP contribution is -2.13. The summed E-state index contributed by atoms with van der Waals surface area (Å²) in [5, 5.41) is 10.5. The normalized spacial score (nSPS) is 22.0. The molecule has 1 aliphatic rings. The summed E-state index contributed by atoms with van der Waals surface area (Å²) < 4.78 is 5.15. The van der Waals surface area contributed by atoms with Crippen LogP contribution in [0.3, 0.4) is 0 Å². The van der Waals surface area contributed by atoms with Gasteiger partial charge in [0.25, 0.3) is 0 Å². The molecule has 0 aliphatic carbocycles. The molecule has 2 unspecified atom stereocenters. The number of aliphatic hydroxyl groups excluding tert-OH is 1. The third-order valence-corrected chi connectivity index (χ3v) is 4.38. The standard InChI is InChI=1S/C12H17NO2S/c1-15-8-4-5-10(13)9(7-8)12(14)11-3-2-6-16-11/h4-5,7,11-12,14H,2-3,6,13H2,1H3. The number of nitrogens with two attached hydrogens (primary N) is 1. The minimum atomic E-state index is -0.484. The largest absolute Gasteiger partial charge is 0.497 e. The van der Waals surface area contributed by atoms with Gasteiger partial charge >= 0.3 is 0 Å². The average molecular weight is 239 g/mol. The zero-order chi connectivity index (χ0) is 11.5. The first kappa shape index (κ1) is 11.6. The molecule has 0 spiro atoms. The van der Waals surface area contributed by atoms with E-state index < -0.39 is 6.10 Å². The van der Waals surface area contributed by atoms with Gasteiger partial charge < -0.3 is 15.6 Å². The van der Waals surface area contributed by atoms with Crippen LogP contribution in [0.2, 0.25) is 0 Å². The van der Waals surface area contributed by atoms with Gasteiger partial charge in [-0.1, -0.05) is 0 Å². The molecule has 0 aromatic heterocycles. The van der Waals surface area contributed by atoms with E-state index in [1.54, 1.807) is 13.2 Å². The fourth-order valence-corrected chi connectivity index (χ4v) is 3.29. The Balaban J connectivity index is 2.23. The van der Waals surface area contributed by atoms with Crippen LogP contribution >= 0.6 is 11.8 Å². The van der Waals surface area contributed by atoms with Gasteiger partial charge in [0.1, 0.15) is 5.75 Å². The first-order chi connectivity index (χ1) is 7.72. The lowest BCUT2D eigenvalue weighted by molar-refractivity contribution is 0.173. The van der Waals surface area contributed by atoms with E-state index in [1.807, 2.05) is 23.9 Å². The maximum Gasteiger partial charge on any atom is 0.119 e. The molecule has 0 saturated carbocycles. The highest BCUT2D eigenvalue weighted by molar-refractivity contribution is 8.00. The fourth-order valence-electron chi connectivity index (χ4n) is 1.99. The van der Waals surface area contributed by atoms with Gasteiger partial charge in [-0.05, 0) is 36.8 Å². The molecule has 4 heteroatoms. The van der Waals surface area contributed by atoms with Crippen molar-refractivity contribution in [1.29, 1.82) is 0 Å². The van der Waals surface area contributed by atoms with Crippen molar-refractivity contribution < 1.29 is 9.84 Å². The highest BCUT2D eigenvalue weighted by Crippen LogP contribution is 2.38. The zero-order valence-electron chi connectivity index (χ0n) is 9.35. The Hall–Kier alpha value is -0.870. The van der Waals surface area contributed by atoms with Crippen LogP contribution in [0.15, 0.2) is 18.2 Å². The Bertz CT molecular complexity index is 364. The van der Waals surface area contributed by atoms with Gasteiger partial charge in [0, 0.05) is 16.5 Å². The Kier molecular flexibility index (Phi) is 3.61. The number of aliphatic hydroxyl groups is 1. The smallest absolute Gasteiger partial charge is 0.119 e. The molecule has 2 rings (SSSR count). The highest BCUT2D eigenvalue weighted by Gasteiger charge is 2.26. The summed E-state index contributed by atoms with van der Waals surface area (Å²) in [6.07, 6.45) is 1.75. The summed E-state index contributed by atoms with van der Waals surface area (Å²) >= 11 is 1.82. The molecule has 1 aromatic rings. The van der Waals surface area contributed by atoms with Crippen LogP contribution in [-0.2, 0) is 0 Å². The molecule has 2 atom stereocenters. The summed E-state index contributed by atoms with van der Waals surface area (Å²) in [6, 6.07) is 5.43. The van der Waals surface area contributed by atoms with E-state index in [2.05, 4.69) is 0 Å². The summed E-state index contributed by atoms with van der Waals surface area (Å²) in [6.45, 7) is 0. The van der Waals surface area contributed by atoms with E-state index in [9.17, 15) is 5.11 Å². The van der Waals surface area contributed by atoms with Crippen LogP contribution in [-0.4, -0.2) is 23.2 Å². The van der Waals surface area contributed by atoms with Crippen molar-refractivity contribution in [3.05, 3.63) is 23.8 Å². The molecule has 88 valence electrons. The second-order valence-corrected chi connectivity index (χ2v) is 5.34. The predicted molar refractivity (Wildman–Crippen MR) is 67.8 cm³/mol. The first-order valence-electron chi connectivity index (χ1n) is 5.45. The molecule has 1 aliphatic heterocycles. The van der Waals surface area contributed by atoms with Crippen LogP contribution in [0.4, 0.5) is 5.69 Å². The van der Waals surface area contributed by atoms with E-state index >= 15 is 0 Å². The van der Waals surface area contributed by atoms with Crippen LogP contribution < -0.4 is 10.5 Å².